The molecule has 1 saturated carbocycles. The van der Waals surface area contributed by atoms with Gasteiger partial charge in [0, 0.05) is 24.4 Å². The number of allylic oxidation sites excluding steroid dienone is 1. The maximum absolute atomic E-state index is 11.7. The highest BCUT2D eigenvalue weighted by Gasteiger charge is 2.65. The Morgan fingerprint density at radius 1 is 1.47 bits per heavy atom. The fourth-order valence-electron chi connectivity index (χ4n) is 3.82. The lowest BCUT2D eigenvalue weighted by molar-refractivity contribution is -0.128. The van der Waals surface area contributed by atoms with Gasteiger partial charge in [0.25, 0.3) is 0 Å². The standard InChI is InChI=1S/C15H23NO/c1-2-3-4-5-6-9-15-10-12(15)13-7-8-14(17)16(13)11-15/h6,9,12-13H,2-5,7-8,10-11H2,1H3/b9-6+/t12-,13+,15+/m1/s1. The second-order valence-electron chi connectivity index (χ2n) is 6.07. The number of rotatable bonds is 5. The minimum Gasteiger partial charge on any atom is -0.339 e. The van der Waals surface area contributed by atoms with E-state index in [0.717, 1.165) is 25.3 Å². The molecule has 0 N–H and O–H groups in total. The largest absolute Gasteiger partial charge is 0.339 e. The maximum atomic E-state index is 11.7. The molecule has 0 aromatic heterocycles. The molecule has 1 aliphatic carbocycles. The van der Waals surface area contributed by atoms with Gasteiger partial charge in [-0.25, -0.2) is 0 Å². The van der Waals surface area contributed by atoms with Gasteiger partial charge < -0.3 is 4.90 Å². The van der Waals surface area contributed by atoms with Crippen LogP contribution in [0.3, 0.4) is 0 Å². The Labute approximate surface area is 104 Å². The average molecular weight is 233 g/mol. The highest BCUT2D eigenvalue weighted by molar-refractivity contribution is 5.80. The van der Waals surface area contributed by atoms with Gasteiger partial charge in [0.1, 0.15) is 0 Å². The quantitative estimate of drug-likeness (QED) is 0.527. The van der Waals surface area contributed by atoms with Crippen LogP contribution in [0.15, 0.2) is 12.2 Å². The molecule has 2 heterocycles. The third-order valence-electron chi connectivity index (χ3n) is 4.91. The van der Waals surface area contributed by atoms with Crippen LogP contribution in [-0.4, -0.2) is 23.4 Å². The minimum absolute atomic E-state index is 0.404. The van der Waals surface area contributed by atoms with Crippen LogP contribution in [0.2, 0.25) is 0 Å². The van der Waals surface area contributed by atoms with E-state index in [2.05, 4.69) is 24.0 Å². The summed E-state index contributed by atoms with van der Waals surface area (Å²) in [4.78, 5) is 13.8. The zero-order valence-electron chi connectivity index (χ0n) is 10.8. The molecule has 0 aromatic rings. The number of unbranched alkanes of at least 4 members (excludes halogenated alkanes) is 3. The second-order valence-corrected chi connectivity index (χ2v) is 6.07. The van der Waals surface area contributed by atoms with Crippen LogP contribution < -0.4 is 0 Å². The van der Waals surface area contributed by atoms with E-state index >= 15 is 0 Å². The number of nitrogens with zero attached hydrogens (tertiary/aromatic N) is 1. The highest BCUT2D eigenvalue weighted by Crippen LogP contribution is 2.64. The van der Waals surface area contributed by atoms with Gasteiger partial charge in [-0.15, -0.1) is 0 Å². The fraction of sp³-hybridized carbons (Fsp3) is 0.800. The van der Waals surface area contributed by atoms with Gasteiger partial charge in [0.05, 0.1) is 0 Å². The van der Waals surface area contributed by atoms with E-state index in [-0.39, 0.29) is 0 Å². The molecule has 2 aliphatic heterocycles. The molecular formula is C15H23NO. The Morgan fingerprint density at radius 2 is 2.35 bits per heavy atom. The first-order valence-corrected chi connectivity index (χ1v) is 7.24. The molecule has 94 valence electrons. The maximum Gasteiger partial charge on any atom is 0.222 e. The number of fused-ring (bicyclic) bond motifs is 3. The zero-order chi connectivity index (χ0) is 11.9. The van der Waals surface area contributed by atoms with Crippen molar-refractivity contribution in [1.82, 2.24) is 4.90 Å². The first-order valence-electron chi connectivity index (χ1n) is 7.24. The summed E-state index contributed by atoms with van der Waals surface area (Å²) < 4.78 is 0. The van der Waals surface area contributed by atoms with Crippen molar-refractivity contribution in [3.05, 3.63) is 12.2 Å². The van der Waals surface area contributed by atoms with Crippen LogP contribution in [0.1, 0.15) is 51.9 Å². The lowest BCUT2D eigenvalue weighted by atomic mass is 10.0. The molecule has 0 spiro atoms. The number of carbonyl (C=O) groups excluding carboxylic acids is 1. The van der Waals surface area contributed by atoms with Gasteiger partial charge in [0.15, 0.2) is 0 Å². The molecule has 1 amide bonds. The van der Waals surface area contributed by atoms with E-state index in [1.165, 1.54) is 32.1 Å². The van der Waals surface area contributed by atoms with E-state index < -0.39 is 0 Å². The number of hydrogen-bond donors (Lipinski definition) is 0. The Kier molecular flexibility index (Phi) is 2.76. The van der Waals surface area contributed by atoms with Crippen molar-refractivity contribution in [2.24, 2.45) is 11.3 Å². The third kappa shape index (κ3) is 1.82. The van der Waals surface area contributed by atoms with Gasteiger partial charge in [-0.1, -0.05) is 31.9 Å². The van der Waals surface area contributed by atoms with Gasteiger partial charge in [-0.3, -0.25) is 4.79 Å². The molecule has 0 aromatic carbocycles. The lowest BCUT2D eigenvalue weighted by Gasteiger charge is -2.19. The summed E-state index contributed by atoms with van der Waals surface area (Å²) in [6, 6.07) is 0.600. The van der Waals surface area contributed by atoms with E-state index in [1.807, 2.05) is 0 Å². The molecule has 3 fully saturated rings. The number of hydrogen-bond acceptors (Lipinski definition) is 1. The van der Waals surface area contributed by atoms with Gasteiger partial charge >= 0.3 is 0 Å². The van der Waals surface area contributed by atoms with Crippen molar-refractivity contribution in [1.29, 1.82) is 0 Å². The highest BCUT2D eigenvalue weighted by atomic mass is 16.2. The fourth-order valence-corrected chi connectivity index (χ4v) is 3.82. The van der Waals surface area contributed by atoms with Crippen molar-refractivity contribution in [3.8, 4) is 0 Å². The summed E-state index contributed by atoms with van der Waals surface area (Å²) in [7, 11) is 0. The van der Waals surface area contributed by atoms with Crippen molar-refractivity contribution in [2.45, 2.75) is 57.9 Å². The van der Waals surface area contributed by atoms with E-state index in [0.29, 0.717) is 17.4 Å². The molecule has 17 heavy (non-hydrogen) atoms. The van der Waals surface area contributed by atoms with Crippen molar-refractivity contribution in [2.75, 3.05) is 6.54 Å². The summed E-state index contributed by atoms with van der Waals surface area (Å²) >= 11 is 0. The monoisotopic (exact) mass is 233 g/mol. The van der Waals surface area contributed by atoms with Crippen LogP contribution in [0, 0.1) is 11.3 Å². The molecule has 2 saturated heterocycles. The Hall–Kier alpha value is -0.790. The van der Waals surface area contributed by atoms with Gasteiger partial charge in [0.2, 0.25) is 5.91 Å². The Bertz CT molecular complexity index is 349. The number of piperidine rings is 1. The van der Waals surface area contributed by atoms with Crippen molar-refractivity contribution >= 4 is 5.91 Å². The Morgan fingerprint density at radius 3 is 3.12 bits per heavy atom. The van der Waals surface area contributed by atoms with E-state index in [4.69, 9.17) is 0 Å². The van der Waals surface area contributed by atoms with Crippen molar-refractivity contribution < 1.29 is 4.79 Å². The smallest absolute Gasteiger partial charge is 0.222 e. The van der Waals surface area contributed by atoms with Crippen LogP contribution >= 0.6 is 0 Å². The molecule has 0 bridgehead atoms. The summed E-state index contributed by atoms with van der Waals surface area (Å²) in [6.07, 6.45) is 13.3. The summed E-state index contributed by atoms with van der Waals surface area (Å²) in [5, 5.41) is 0. The average Bonchev–Trinajstić information content (AvgIpc) is 2.77. The topological polar surface area (TPSA) is 20.3 Å². The molecule has 3 atom stereocenters. The van der Waals surface area contributed by atoms with Crippen LogP contribution in [0.4, 0.5) is 0 Å². The second kappa shape index (κ2) is 4.15. The molecule has 3 aliphatic rings. The number of amides is 1. The zero-order valence-corrected chi connectivity index (χ0v) is 10.8. The Balaban J connectivity index is 1.55. The normalized spacial score (nSPS) is 38.9. The van der Waals surface area contributed by atoms with E-state index in [1.54, 1.807) is 0 Å². The molecule has 3 rings (SSSR count). The molecule has 0 radical (unpaired) electrons. The lowest BCUT2D eigenvalue weighted by Crippen LogP contribution is -2.31. The minimum atomic E-state index is 0.404. The summed E-state index contributed by atoms with van der Waals surface area (Å²) in [5.41, 5.74) is 0.410. The predicted molar refractivity (Wildman–Crippen MR) is 68.6 cm³/mol. The number of carbonyl (C=O) groups is 1. The summed E-state index contributed by atoms with van der Waals surface area (Å²) in [5.74, 6) is 1.21. The summed E-state index contributed by atoms with van der Waals surface area (Å²) in [6.45, 7) is 3.27. The molecule has 0 unspecified atom stereocenters. The first kappa shape index (κ1) is 11.3. The molecule has 2 heteroatoms. The van der Waals surface area contributed by atoms with Crippen LogP contribution in [0.5, 0.6) is 0 Å². The molecule has 2 nitrogen and oxygen atoms in total. The first-order chi connectivity index (χ1) is 8.27. The van der Waals surface area contributed by atoms with Crippen LogP contribution in [0.25, 0.3) is 0 Å². The predicted octanol–water partition coefficient (Wildman–Crippen LogP) is 3.13. The molecular weight excluding hydrogens is 210 g/mol. The van der Waals surface area contributed by atoms with Gasteiger partial charge in [-0.05, 0) is 31.6 Å². The van der Waals surface area contributed by atoms with Gasteiger partial charge in [-0.2, -0.15) is 0 Å². The SMILES string of the molecule is CCCCC/C=C/[C@@]12C[C@@H]1[C@@H]1CCC(=O)N1C2. The third-order valence-corrected chi connectivity index (χ3v) is 4.91. The van der Waals surface area contributed by atoms with Crippen molar-refractivity contribution in [3.63, 3.8) is 0 Å². The van der Waals surface area contributed by atoms with Crippen LogP contribution in [-0.2, 0) is 4.79 Å². The van der Waals surface area contributed by atoms with E-state index in [9.17, 15) is 4.79 Å².